The Balaban J connectivity index is 1.45. The number of amides is 3. The molecule has 0 radical (unpaired) electrons. The summed E-state index contributed by atoms with van der Waals surface area (Å²) in [5.41, 5.74) is 0.769. The van der Waals surface area contributed by atoms with Crippen LogP contribution in [0.1, 0.15) is 58.7 Å². The highest BCUT2D eigenvalue weighted by Gasteiger charge is 2.34. The first-order valence-corrected chi connectivity index (χ1v) is 8.51. The second-order valence-corrected chi connectivity index (χ2v) is 6.35. The van der Waals surface area contributed by atoms with E-state index in [1.54, 1.807) is 24.3 Å². The molecule has 2 heterocycles. The first kappa shape index (κ1) is 17.8. The quantitative estimate of drug-likeness (QED) is 0.755. The molecular weight excluding hydrogens is 336 g/mol. The number of hydrogen-bond acceptors (Lipinski definition) is 6. The van der Waals surface area contributed by atoms with Gasteiger partial charge in [0.25, 0.3) is 11.8 Å². The number of carbonyl (C=O) groups excluding carboxylic acids is 3. The first-order chi connectivity index (χ1) is 12.5. The fraction of sp³-hybridized carbons (Fsp3) is 0.389. The van der Waals surface area contributed by atoms with Gasteiger partial charge in [-0.2, -0.15) is 0 Å². The Labute approximate surface area is 150 Å². The van der Waals surface area contributed by atoms with Crippen LogP contribution in [0, 0.1) is 0 Å². The van der Waals surface area contributed by atoms with Gasteiger partial charge in [0, 0.05) is 31.8 Å². The zero-order valence-corrected chi connectivity index (χ0v) is 14.7. The zero-order valence-electron chi connectivity index (χ0n) is 14.7. The smallest absolute Gasteiger partial charge is 0.261 e. The number of carbonyl (C=O) groups is 3. The van der Waals surface area contributed by atoms with Gasteiger partial charge >= 0.3 is 0 Å². The van der Waals surface area contributed by atoms with E-state index in [0.29, 0.717) is 35.9 Å². The van der Waals surface area contributed by atoms with E-state index in [4.69, 9.17) is 4.42 Å². The number of aromatic nitrogens is 2. The van der Waals surface area contributed by atoms with Crippen molar-refractivity contribution in [3.63, 3.8) is 0 Å². The van der Waals surface area contributed by atoms with Crippen molar-refractivity contribution in [2.45, 2.75) is 32.6 Å². The van der Waals surface area contributed by atoms with E-state index in [-0.39, 0.29) is 36.6 Å². The summed E-state index contributed by atoms with van der Waals surface area (Å²) in [6, 6.07) is 6.65. The maximum absolute atomic E-state index is 12.2. The molecule has 3 amide bonds. The monoisotopic (exact) mass is 356 g/mol. The van der Waals surface area contributed by atoms with E-state index >= 15 is 0 Å². The third-order valence-corrected chi connectivity index (χ3v) is 4.08. The van der Waals surface area contributed by atoms with Crippen molar-refractivity contribution in [2.24, 2.45) is 0 Å². The molecule has 136 valence electrons. The number of rotatable bonds is 7. The predicted molar refractivity (Wildman–Crippen MR) is 91.5 cm³/mol. The molecule has 1 aromatic heterocycles. The van der Waals surface area contributed by atoms with Crippen LogP contribution >= 0.6 is 0 Å². The third-order valence-electron chi connectivity index (χ3n) is 4.08. The lowest BCUT2D eigenvalue weighted by Crippen LogP contribution is -2.35. The molecule has 3 rings (SSSR count). The Kier molecular flexibility index (Phi) is 5.11. The average Bonchev–Trinajstić information content (AvgIpc) is 3.19. The lowest BCUT2D eigenvalue weighted by molar-refractivity contribution is -0.121. The molecule has 8 nitrogen and oxygen atoms in total. The minimum atomic E-state index is -0.356. The van der Waals surface area contributed by atoms with Gasteiger partial charge in [0.05, 0.1) is 11.1 Å². The zero-order chi connectivity index (χ0) is 18.7. The summed E-state index contributed by atoms with van der Waals surface area (Å²) in [5.74, 6) is 0.234. The summed E-state index contributed by atoms with van der Waals surface area (Å²) in [5, 5.41) is 10.6. The molecular formula is C18H20N4O4. The van der Waals surface area contributed by atoms with E-state index in [2.05, 4.69) is 15.5 Å². The van der Waals surface area contributed by atoms with Crippen LogP contribution in [-0.2, 0) is 11.2 Å². The predicted octanol–water partition coefficient (Wildman–Crippen LogP) is 1.54. The van der Waals surface area contributed by atoms with Gasteiger partial charge in [-0.15, -0.1) is 10.2 Å². The molecule has 8 heteroatoms. The number of nitrogens with zero attached hydrogens (tertiary/aromatic N) is 3. The lowest BCUT2D eigenvalue weighted by atomic mass is 10.1. The minimum Gasteiger partial charge on any atom is -0.425 e. The highest BCUT2D eigenvalue weighted by molar-refractivity contribution is 6.21. The van der Waals surface area contributed by atoms with E-state index < -0.39 is 0 Å². The Morgan fingerprint density at radius 2 is 1.81 bits per heavy atom. The number of nitrogens with one attached hydrogen (secondary N) is 1. The molecule has 0 unspecified atom stereocenters. The summed E-state index contributed by atoms with van der Waals surface area (Å²) in [6.07, 6.45) is 0.477. The largest absolute Gasteiger partial charge is 0.425 e. The Morgan fingerprint density at radius 3 is 2.38 bits per heavy atom. The molecule has 26 heavy (non-hydrogen) atoms. The Morgan fingerprint density at radius 1 is 1.15 bits per heavy atom. The van der Waals surface area contributed by atoms with Gasteiger partial charge in [-0.25, -0.2) is 0 Å². The second-order valence-electron chi connectivity index (χ2n) is 6.35. The summed E-state index contributed by atoms with van der Waals surface area (Å²) >= 11 is 0. The molecule has 1 aliphatic rings. The van der Waals surface area contributed by atoms with Crippen LogP contribution < -0.4 is 5.32 Å². The van der Waals surface area contributed by atoms with Crippen LogP contribution in [0.4, 0.5) is 0 Å². The molecule has 2 aromatic rings. The fourth-order valence-corrected chi connectivity index (χ4v) is 2.65. The molecule has 1 aromatic carbocycles. The maximum Gasteiger partial charge on any atom is 0.261 e. The van der Waals surface area contributed by atoms with Crippen LogP contribution in [0.5, 0.6) is 0 Å². The lowest BCUT2D eigenvalue weighted by Gasteiger charge is -2.13. The number of fused-ring (bicyclic) bond motifs is 1. The van der Waals surface area contributed by atoms with Crippen molar-refractivity contribution < 1.29 is 18.8 Å². The normalized spacial score (nSPS) is 13.4. The summed E-state index contributed by atoms with van der Waals surface area (Å²) < 4.78 is 5.46. The van der Waals surface area contributed by atoms with Crippen LogP contribution in [0.25, 0.3) is 0 Å². The van der Waals surface area contributed by atoms with Crippen LogP contribution in [0.3, 0.4) is 0 Å². The van der Waals surface area contributed by atoms with Gasteiger partial charge in [0.1, 0.15) is 0 Å². The van der Waals surface area contributed by atoms with Crippen molar-refractivity contribution in [2.75, 3.05) is 13.1 Å². The number of benzene rings is 1. The summed E-state index contributed by atoms with van der Waals surface area (Å²) in [6.45, 7) is 4.31. The Bertz CT molecular complexity index is 808. The van der Waals surface area contributed by atoms with E-state index in [9.17, 15) is 14.4 Å². The maximum atomic E-state index is 12.2. The number of imide groups is 1. The standard InChI is InChI=1S/C18H20N4O4/c1-11(2)16-21-20-15(26-16)7-9-19-14(23)8-10-22-17(24)12-5-3-4-6-13(12)18(22)25/h3-6,11H,7-10H2,1-2H3,(H,19,23). The molecule has 0 atom stereocenters. The number of hydrogen-bond donors (Lipinski definition) is 1. The van der Waals surface area contributed by atoms with E-state index in [0.717, 1.165) is 4.90 Å². The van der Waals surface area contributed by atoms with Gasteiger partial charge in [-0.1, -0.05) is 26.0 Å². The van der Waals surface area contributed by atoms with Crippen LogP contribution in [-0.4, -0.2) is 45.9 Å². The molecule has 1 N–H and O–H groups in total. The fourth-order valence-electron chi connectivity index (χ4n) is 2.65. The minimum absolute atomic E-state index is 0.0482. The average molecular weight is 356 g/mol. The van der Waals surface area contributed by atoms with Crippen molar-refractivity contribution in [1.82, 2.24) is 20.4 Å². The van der Waals surface area contributed by atoms with Crippen molar-refractivity contribution >= 4 is 17.7 Å². The molecule has 0 spiro atoms. The van der Waals surface area contributed by atoms with Crippen molar-refractivity contribution in [3.05, 3.63) is 47.2 Å². The third kappa shape index (κ3) is 3.63. The topological polar surface area (TPSA) is 105 Å². The molecule has 0 fully saturated rings. The van der Waals surface area contributed by atoms with E-state index in [1.807, 2.05) is 13.8 Å². The van der Waals surface area contributed by atoms with Crippen LogP contribution in [0.15, 0.2) is 28.7 Å². The molecule has 0 saturated carbocycles. The van der Waals surface area contributed by atoms with Crippen molar-refractivity contribution in [1.29, 1.82) is 0 Å². The molecule has 0 aliphatic carbocycles. The van der Waals surface area contributed by atoms with Gasteiger partial charge in [0.15, 0.2) is 0 Å². The first-order valence-electron chi connectivity index (χ1n) is 8.51. The van der Waals surface area contributed by atoms with Gasteiger partial charge in [-0.3, -0.25) is 19.3 Å². The Hall–Kier alpha value is -3.03. The molecule has 1 aliphatic heterocycles. The molecule has 0 saturated heterocycles. The SMILES string of the molecule is CC(C)c1nnc(CCNC(=O)CCN2C(=O)c3ccccc3C2=O)o1. The van der Waals surface area contributed by atoms with Crippen molar-refractivity contribution in [3.8, 4) is 0 Å². The second kappa shape index (κ2) is 7.47. The van der Waals surface area contributed by atoms with E-state index in [1.165, 1.54) is 0 Å². The summed E-state index contributed by atoms with van der Waals surface area (Å²) in [7, 11) is 0. The van der Waals surface area contributed by atoms with Gasteiger partial charge < -0.3 is 9.73 Å². The molecule has 0 bridgehead atoms. The summed E-state index contributed by atoms with van der Waals surface area (Å²) in [4.78, 5) is 37.5. The van der Waals surface area contributed by atoms with Crippen LogP contribution in [0.2, 0.25) is 0 Å². The highest BCUT2D eigenvalue weighted by Crippen LogP contribution is 2.22. The highest BCUT2D eigenvalue weighted by atomic mass is 16.4. The van der Waals surface area contributed by atoms with Gasteiger partial charge in [0.2, 0.25) is 17.7 Å². The van der Waals surface area contributed by atoms with Gasteiger partial charge in [-0.05, 0) is 12.1 Å².